The Balaban J connectivity index is 1.67. The minimum absolute atomic E-state index is 0.00975. The first-order chi connectivity index (χ1) is 16.6. The van der Waals surface area contributed by atoms with E-state index in [0.717, 1.165) is 10.5 Å². The van der Waals surface area contributed by atoms with E-state index in [1.807, 2.05) is 6.07 Å². The van der Waals surface area contributed by atoms with Gasteiger partial charge in [0.05, 0.1) is 17.0 Å². The number of allylic oxidation sites excluding steroid dienone is 1. The van der Waals surface area contributed by atoms with Gasteiger partial charge < -0.3 is 11.6 Å². The molecule has 0 unspecified atom stereocenters. The molecule has 4 rings (SSSR count). The molecule has 0 bridgehead atoms. The molecule has 0 aromatic heterocycles. The molecule has 6 N–H and O–H groups in total. The topological polar surface area (TPSA) is 162 Å². The normalized spacial score (nSPS) is 16.1. The lowest BCUT2D eigenvalue weighted by molar-refractivity contribution is -0.120. The van der Waals surface area contributed by atoms with Crippen LogP contribution in [-0.4, -0.2) is 26.1 Å². The summed E-state index contributed by atoms with van der Waals surface area (Å²) in [5.74, 6) is 4.64. The van der Waals surface area contributed by atoms with Crippen molar-refractivity contribution in [3.05, 3.63) is 89.5 Å². The number of carbonyl (C=O) groups is 2. The number of amides is 2. The number of hydrogen-bond acceptors (Lipinski definition) is 6. The van der Waals surface area contributed by atoms with E-state index in [-0.39, 0.29) is 23.1 Å². The standard InChI is InChI=1S/C25H23N5O4S/c1-15(17-5-4-6-18(13-17)24(26)29-27)21-14-23(31)30(25(21)32)19-11-9-16(10-12-19)20-7-2-3-8-22(20)35(28,33)34/h2-13H,14,27H2,1H3,(H2,26,29)(H2,28,33,34)/b21-15-. The molecule has 35 heavy (non-hydrogen) atoms. The molecule has 0 aliphatic carbocycles. The highest BCUT2D eigenvalue weighted by Gasteiger charge is 2.36. The van der Waals surface area contributed by atoms with Crippen LogP contribution in [0.25, 0.3) is 16.7 Å². The number of primary sulfonamides is 1. The van der Waals surface area contributed by atoms with Crippen LogP contribution in [0, 0.1) is 0 Å². The van der Waals surface area contributed by atoms with Gasteiger partial charge in [-0.1, -0.05) is 48.5 Å². The van der Waals surface area contributed by atoms with Gasteiger partial charge in [-0.25, -0.2) is 18.5 Å². The van der Waals surface area contributed by atoms with Gasteiger partial charge in [0, 0.05) is 16.7 Å². The van der Waals surface area contributed by atoms with Crippen LogP contribution in [0.15, 0.2) is 88.4 Å². The maximum atomic E-state index is 13.2. The summed E-state index contributed by atoms with van der Waals surface area (Å²) in [5.41, 5.74) is 9.54. The molecule has 3 aromatic carbocycles. The first-order valence-electron chi connectivity index (χ1n) is 10.5. The zero-order valence-corrected chi connectivity index (χ0v) is 19.6. The molecule has 9 nitrogen and oxygen atoms in total. The van der Waals surface area contributed by atoms with E-state index in [1.165, 1.54) is 6.07 Å². The Hall–Kier alpha value is -4.28. The highest BCUT2D eigenvalue weighted by Crippen LogP contribution is 2.33. The van der Waals surface area contributed by atoms with E-state index < -0.39 is 15.9 Å². The first-order valence-corrected chi connectivity index (χ1v) is 12.1. The number of nitrogens with two attached hydrogens (primary N) is 3. The van der Waals surface area contributed by atoms with E-state index in [1.54, 1.807) is 67.6 Å². The molecule has 1 aliphatic rings. The SMILES string of the molecule is C/C(=C1\CC(=O)N(c2ccc(-c3ccccc3S(N)(=O)=O)cc2)C1=O)c1cccc(C(N)=NN)c1. The average molecular weight is 490 g/mol. The Kier molecular flexibility index (Phi) is 6.25. The number of anilines is 1. The molecule has 0 spiro atoms. The van der Waals surface area contributed by atoms with Gasteiger partial charge in [-0.3, -0.25) is 9.59 Å². The molecule has 3 aromatic rings. The zero-order valence-electron chi connectivity index (χ0n) is 18.8. The summed E-state index contributed by atoms with van der Waals surface area (Å²) in [6, 6.07) is 19.9. The maximum absolute atomic E-state index is 13.2. The third-order valence-corrected chi connectivity index (χ3v) is 6.82. The van der Waals surface area contributed by atoms with E-state index >= 15 is 0 Å². The average Bonchev–Trinajstić information content (AvgIpc) is 3.16. The zero-order chi connectivity index (χ0) is 25.3. The van der Waals surface area contributed by atoms with Crippen molar-refractivity contribution in [1.29, 1.82) is 0 Å². The van der Waals surface area contributed by atoms with E-state index in [0.29, 0.717) is 33.5 Å². The van der Waals surface area contributed by atoms with Crippen molar-refractivity contribution >= 4 is 38.9 Å². The fourth-order valence-electron chi connectivity index (χ4n) is 4.01. The van der Waals surface area contributed by atoms with Crippen LogP contribution >= 0.6 is 0 Å². The summed E-state index contributed by atoms with van der Waals surface area (Å²) in [4.78, 5) is 27.2. The lowest BCUT2D eigenvalue weighted by Crippen LogP contribution is -2.29. The van der Waals surface area contributed by atoms with Gasteiger partial charge in [0.2, 0.25) is 15.9 Å². The lowest BCUT2D eigenvalue weighted by atomic mass is 9.98. The quantitative estimate of drug-likeness (QED) is 0.124. The van der Waals surface area contributed by atoms with Crippen LogP contribution in [0.3, 0.4) is 0 Å². The van der Waals surface area contributed by atoms with Crippen molar-refractivity contribution in [1.82, 2.24) is 0 Å². The van der Waals surface area contributed by atoms with Crippen molar-refractivity contribution in [2.45, 2.75) is 18.2 Å². The first kappa shape index (κ1) is 23.9. The van der Waals surface area contributed by atoms with Gasteiger partial charge in [-0.2, -0.15) is 5.10 Å². The van der Waals surface area contributed by atoms with Crippen LogP contribution in [0.2, 0.25) is 0 Å². The molecule has 2 amide bonds. The second-order valence-electron chi connectivity index (χ2n) is 8.00. The molecule has 178 valence electrons. The van der Waals surface area contributed by atoms with Gasteiger partial charge >= 0.3 is 0 Å². The van der Waals surface area contributed by atoms with Crippen molar-refractivity contribution in [3.8, 4) is 11.1 Å². The smallest absolute Gasteiger partial charge is 0.261 e. The third-order valence-electron chi connectivity index (χ3n) is 5.85. The van der Waals surface area contributed by atoms with Gasteiger partial charge in [-0.05, 0) is 47.9 Å². The molecule has 0 atom stereocenters. The summed E-state index contributed by atoms with van der Waals surface area (Å²) in [6.45, 7) is 1.77. The van der Waals surface area contributed by atoms with Gasteiger partial charge in [0.1, 0.15) is 5.84 Å². The van der Waals surface area contributed by atoms with E-state index in [9.17, 15) is 18.0 Å². The van der Waals surface area contributed by atoms with Crippen LogP contribution in [0.5, 0.6) is 0 Å². The molecule has 0 radical (unpaired) electrons. The highest BCUT2D eigenvalue weighted by molar-refractivity contribution is 7.89. The number of amidine groups is 1. The molecule has 1 fully saturated rings. The van der Waals surface area contributed by atoms with Crippen molar-refractivity contribution in [2.75, 3.05) is 4.90 Å². The molecule has 0 saturated carbocycles. The van der Waals surface area contributed by atoms with Crippen LogP contribution in [-0.2, 0) is 19.6 Å². The Morgan fingerprint density at radius 1 is 0.943 bits per heavy atom. The predicted molar refractivity (Wildman–Crippen MR) is 134 cm³/mol. The Morgan fingerprint density at radius 2 is 1.60 bits per heavy atom. The summed E-state index contributed by atoms with van der Waals surface area (Å²) in [7, 11) is -3.93. The summed E-state index contributed by atoms with van der Waals surface area (Å²) < 4.78 is 23.9. The lowest BCUT2D eigenvalue weighted by Gasteiger charge is -2.15. The number of sulfonamides is 1. The molecule has 1 saturated heterocycles. The fourth-order valence-corrected chi connectivity index (χ4v) is 4.77. The fraction of sp³-hybridized carbons (Fsp3) is 0.0800. The van der Waals surface area contributed by atoms with Gasteiger partial charge in [0.15, 0.2) is 0 Å². The third kappa shape index (κ3) is 4.57. The monoisotopic (exact) mass is 489 g/mol. The molecule has 10 heteroatoms. The second-order valence-corrected chi connectivity index (χ2v) is 9.53. The van der Waals surface area contributed by atoms with E-state index in [4.69, 9.17) is 16.7 Å². The molecular weight excluding hydrogens is 466 g/mol. The Bertz CT molecular complexity index is 1510. The largest absolute Gasteiger partial charge is 0.382 e. The summed E-state index contributed by atoms with van der Waals surface area (Å²) in [5, 5.41) is 8.83. The number of imide groups is 1. The number of rotatable bonds is 5. The number of hydrazone groups is 1. The molecular formula is C25H23N5O4S. The van der Waals surface area contributed by atoms with Gasteiger partial charge in [0.25, 0.3) is 5.91 Å². The summed E-state index contributed by atoms with van der Waals surface area (Å²) >= 11 is 0. The second kappa shape index (κ2) is 9.16. The number of hydrogen-bond donors (Lipinski definition) is 3. The predicted octanol–water partition coefficient (Wildman–Crippen LogP) is 2.32. The van der Waals surface area contributed by atoms with Gasteiger partial charge in [-0.15, -0.1) is 0 Å². The molecule has 1 heterocycles. The number of benzene rings is 3. The summed E-state index contributed by atoms with van der Waals surface area (Å²) in [6.07, 6.45) is -0.0502. The number of nitrogens with zero attached hydrogens (tertiary/aromatic N) is 2. The van der Waals surface area contributed by atoms with Crippen molar-refractivity contribution in [3.63, 3.8) is 0 Å². The van der Waals surface area contributed by atoms with Crippen LogP contribution in [0.4, 0.5) is 5.69 Å². The Morgan fingerprint density at radius 3 is 2.26 bits per heavy atom. The Labute approximate surface area is 202 Å². The van der Waals surface area contributed by atoms with Crippen molar-refractivity contribution < 1.29 is 18.0 Å². The maximum Gasteiger partial charge on any atom is 0.261 e. The van der Waals surface area contributed by atoms with Crippen molar-refractivity contribution in [2.24, 2.45) is 21.8 Å². The highest BCUT2D eigenvalue weighted by atomic mass is 32.2. The van der Waals surface area contributed by atoms with E-state index in [2.05, 4.69) is 5.10 Å². The molecule has 1 aliphatic heterocycles. The van der Waals surface area contributed by atoms with Crippen LogP contribution in [0.1, 0.15) is 24.5 Å². The van der Waals surface area contributed by atoms with Crippen LogP contribution < -0.4 is 21.6 Å². The minimum Gasteiger partial charge on any atom is -0.382 e. The minimum atomic E-state index is -3.93. The number of carbonyl (C=O) groups excluding carboxylic acids is 2.